The molecule has 2 aromatic carbocycles. The molecule has 2 heterocycles. The van der Waals surface area contributed by atoms with Crippen LogP contribution in [0.3, 0.4) is 0 Å². The van der Waals surface area contributed by atoms with Crippen molar-refractivity contribution in [3.63, 3.8) is 0 Å². The Kier molecular flexibility index (Phi) is 7.93. The Labute approximate surface area is 235 Å². The van der Waals surface area contributed by atoms with Crippen LogP contribution in [0.25, 0.3) is 0 Å². The number of fused-ring (bicyclic) bond motifs is 4. The number of ether oxygens (including phenoxy) is 1. The molecule has 5 rings (SSSR count). The number of rotatable bonds is 8. The SMILES string of the molecule is COC(=O)CCCC1C2SCC(NC(=O)c3ccccc3)(/C2=N/O)C2(O)C(NC(=O)c3ccccc3)CSC12. The lowest BCUT2D eigenvalue weighted by Crippen LogP contribution is -2.80. The van der Waals surface area contributed by atoms with Crippen LogP contribution in [-0.2, 0) is 9.53 Å². The molecule has 0 radical (unpaired) electrons. The second kappa shape index (κ2) is 11.2. The lowest BCUT2D eigenvalue weighted by atomic mass is 9.61. The summed E-state index contributed by atoms with van der Waals surface area (Å²) in [5.74, 6) is -0.534. The maximum absolute atomic E-state index is 13.5. The van der Waals surface area contributed by atoms with E-state index in [0.29, 0.717) is 35.4 Å². The molecule has 3 aliphatic rings. The van der Waals surface area contributed by atoms with Crippen LogP contribution in [0, 0.1) is 5.92 Å². The van der Waals surface area contributed by atoms with Gasteiger partial charge in [0.15, 0.2) is 0 Å². The number of methoxy groups -OCH3 is 1. The van der Waals surface area contributed by atoms with Crippen LogP contribution >= 0.6 is 23.5 Å². The van der Waals surface area contributed by atoms with Crippen molar-refractivity contribution in [3.05, 3.63) is 71.8 Å². The van der Waals surface area contributed by atoms with E-state index in [-0.39, 0.29) is 35.2 Å². The van der Waals surface area contributed by atoms with Crippen molar-refractivity contribution in [1.29, 1.82) is 0 Å². The van der Waals surface area contributed by atoms with E-state index >= 15 is 0 Å². The lowest BCUT2D eigenvalue weighted by Gasteiger charge is -2.53. The lowest BCUT2D eigenvalue weighted by molar-refractivity contribution is -0.140. The van der Waals surface area contributed by atoms with E-state index < -0.39 is 28.3 Å². The number of amides is 2. The van der Waals surface area contributed by atoms with Crippen molar-refractivity contribution in [3.8, 4) is 0 Å². The van der Waals surface area contributed by atoms with Gasteiger partial charge in [-0.2, -0.15) is 11.8 Å². The Bertz CT molecular complexity index is 1260. The fraction of sp³-hybridized carbons (Fsp3) is 0.429. The highest BCUT2D eigenvalue weighted by molar-refractivity contribution is 8.02. The minimum absolute atomic E-state index is 0.163. The van der Waals surface area contributed by atoms with Crippen LogP contribution in [0.15, 0.2) is 65.8 Å². The fourth-order valence-electron chi connectivity index (χ4n) is 6.13. The summed E-state index contributed by atoms with van der Waals surface area (Å²) in [6.07, 6.45) is 1.34. The maximum atomic E-state index is 13.5. The van der Waals surface area contributed by atoms with E-state index in [9.17, 15) is 24.7 Å². The van der Waals surface area contributed by atoms with Gasteiger partial charge in [-0.3, -0.25) is 14.4 Å². The Morgan fingerprint density at radius 1 is 1.03 bits per heavy atom. The highest BCUT2D eigenvalue weighted by Gasteiger charge is 2.75. The van der Waals surface area contributed by atoms with E-state index in [1.165, 1.54) is 18.9 Å². The average molecular weight is 570 g/mol. The Balaban J connectivity index is 1.53. The van der Waals surface area contributed by atoms with E-state index in [2.05, 4.69) is 15.8 Å². The first-order chi connectivity index (χ1) is 18.9. The van der Waals surface area contributed by atoms with Crippen molar-refractivity contribution in [2.75, 3.05) is 18.6 Å². The fourth-order valence-corrected chi connectivity index (χ4v) is 9.95. The third-order valence-corrected chi connectivity index (χ3v) is 11.1. The number of benzene rings is 2. The van der Waals surface area contributed by atoms with Crippen molar-refractivity contribution in [1.82, 2.24) is 10.6 Å². The smallest absolute Gasteiger partial charge is 0.305 e. The molecule has 9 nitrogen and oxygen atoms in total. The largest absolute Gasteiger partial charge is 0.469 e. The summed E-state index contributed by atoms with van der Waals surface area (Å²) in [6, 6.07) is 16.7. The first kappa shape index (κ1) is 27.5. The van der Waals surface area contributed by atoms with Crippen LogP contribution in [-0.4, -0.2) is 80.1 Å². The van der Waals surface area contributed by atoms with Crippen LogP contribution < -0.4 is 10.6 Å². The van der Waals surface area contributed by atoms with Crippen molar-refractivity contribution in [2.24, 2.45) is 11.1 Å². The number of hydrogen-bond acceptors (Lipinski definition) is 9. The number of oxime groups is 1. The number of thioether (sulfide) groups is 2. The minimum Gasteiger partial charge on any atom is -0.469 e. The molecule has 6 unspecified atom stereocenters. The van der Waals surface area contributed by atoms with Crippen molar-refractivity contribution < 1.29 is 29.4 Å². The molecule has 1 saturated carbocycles. The molecule has 1 aliphatic carbocycles. The Hall–Kier alpha value is -3.02. The van der Waals surface area contributed by atoms with Gasteiger partial charge in [-0.1, -0.05) is 41.6 Å². The van der Waals surface area contributed by atoms with E-state index in [1.54, 1.807) is 60.3 Å². The zero-order valence-corrected chi connectivity index (χ0v) is 23.0. The number of hydrogen-bond donors (Lipinski definition) is 4. The molecule has 39 heavy (non-hydrogen) atoms. The molecule has 2 amide bonds. The zero-order valence-electron chi connectivity index (χ0n) is 21.4. The molecule has 2 bridgehead atoms. The molecule has 2 aromatic rings. The van der Waals surface area contributed by atoms with Crippen molar-refractivity contribution >= 4 is 47.0 Å². The topological polar surface area (TPSA) is 137 Å². The number of carbonyl (C=O) groups excluding carboxylic acids is 3. The number of carbonyl (C=O) groups is 3. The van der Waals surface area contributed by atoms with E-state index in [1.807, 2.05) is 12.1 Å². The van der Waals surface area contributed by atoms with Gasteiger partial charge in [0.2, 0.25) is 0 Å². The number of esters is 1. The van der Waals surface area contributed by atoms with Gasteiger partial charge in [-0.15, -0.1) is 11.8 Å². The summed E-state index contributed by atoms with van der Waals surface area (Å²) < 4.78 is 4.80. The third kappa shape index (κ3) is 4.70. The predicted octanol–water partition coefficient (Wildman–Crippen LogP) is 2.72. The van der Waals surface area contributed by atoms with Gasteiger partial charge in [0.05, 0.1) is 24.1 Å². The van der Waals surface area contributed by atoms with E-state index in [4.69, 9.17) is 4.74 Å². The summed E-state index contributed by atoms with van der Waals surface area (Å²) in [7, 11) is 1.35. The molecule has 3 fully saturated rings. The number of nitrogens with zero attached hydrogens (tertiary/aromatic N) is 1. The second-order valence-electron chi connectivity index (χ2n) is 10.0. The van der Waals surface area contributed by atoms with Gasteiger partial charge in [0, 0.05) is 34.3 Å². The Morgan fingerprint density at radius 2 is 1.67 bits per heavy atom. The van der Waals surface area contributed by atoms with Gasteiger partial charge in [0.1, 0.15) is 11.1 Å². The van der Waals surface area contributed by atoms with E-state index in [0.717, 1.165) is 0 Å². The zero-order chi connectivity index (χ0) is 27.6. The second-order valence-corrected chi connectivity index (χ2v) is 12.4. The maximum Gasteiger partial charge on any atom is 0.305 e. The molecule has 0 spiro atoms. The normalized spacial score (nSPS) is 31.9. The third-order valence-electron chi connectivity index (χ3n) is 8.01. The summed E-state index contributed by atoms with van der Waals surface area (Å²) in [5.41, 5.74) is -1.92. The standard InChI is InChI=1S/C28H31N3O6S2/c1-37-21(32)14-8-13-19-22-23(31-36)27(16-39-22,30-26(34)18-11-6-3-7-12-18)28(35)20(15-38-24(19)28)29-25(33)17-9-4-2-5-10-17/h2-7,9-12,19-20,22,24,35-36H,8,13-16H2,1H3,(H,29,33)(H,30,34)/b31-23+. The quantitative estimate of drug-likeness (QED) is 0.216. The monoisotopic (exact) mass is 569 g/mol. The highest BCUT2D eigenvalue weighted by atomic mass is 32.2. The first-order valence-corrected chi connectivity index (χ1v) is 14.9. The average Bonchev–Trinajstić information content (AvgIpc) is 3.48. The molecule has 6 atom stereocenters. The molecular weight excluding hydrogens is 538 g/mol. The van der Waals surface area contributed by atoms with Crippen LogP contribution in [0.1, 0.15) is 40.0 Å². The molecule has 11 heteroatoms. The molecule has 206 valence electrons. The van der Waals surface area contributed by atoms with Crippen LogP contribution in [0.2, 0.25) is 0 Å². The van der Waals surface area contributed by atoms with Crippen LogP contribution in [0.5, 0.6) is 0 Å². The van der Waals surface area contributed by atoms with Gasteiger partial charge >= 0.3 is 5.97 Å². The molecule has 0 aromatic heterocycles. The van der Waals surface area contributed by atoms with Gasteiger partial charge in [0.25, 0.3) is 11.8 Å². The molecule has 2 aliphatic heterocycles. The molecule has 4 N–H and O–H groups in total. The summed E-state index contributed by atoms with van der Waals surface area (Å²) in [6.45, 7) is 0. The van der Waals surface area contributed by atoms with Crippen LogP contribution in [0.4, 0.5) is 0 Å². The summed E-state index contributed by atoms with van der Waals surface area (Å²) in [4.78, 5) is 38.5. The minimum atomic E-state index is -1.66. The number of nitrogens with one attached hydrogen (secondary N) is 2. The van der Waals surface area contributed by atoms with Crippen molar-refractivity contribution in [2.45, 2.75) is 46.9 Å². The predicted molar refractivity (Wildman–Crippen MR) is 150 cm³/mol. The Morgan fingerprint density at radius 3 is 2.28 bits per heavy atom. The molecule has 2 saturated heterocycles. The summed E-state index contributed by atoms with van der Waals surface area (Å²) in [5, 5.41) is 32.2. The first-order valence-electron chi connectivity index (χ1n) is 12.8. The summed E-state index contributed by atoms with van der Waals surface area (Å²) >= 11 is 3.06. The van der Waals surface area contributed by atoms with Gasteiger partial charge < -0.3 is 25.7 Å². The highest BCUT2D eigenvalue weighted by Crippen LogP contribution is 2.59. The van der Waals surface area contributed by atoms with Gasteiger partial charge in [-0.25, -0.2) is 0 Å². The molecular formula is C28H31N3O6S2. The number of aliphatic hydroxyl groups is 1. The van der Waals surface area contributed by atoms with Gasteiger partial charge in [-0.05, 0) is 43.0 Å².